The van der Waals surface area contributed by atoms with E-state index in [0.29, 0.717) is 17.7 Å². The fraction of sp³-hybridized carbons (Fsp3) is 0.200. The molecule has 0 atom stereocenters. The molecule has 0 aromatic heterocycles. The number of hydrogen-bond donors (Lipinski definition) is 2. The normalized spacial score (nSPS) is 11.5. The maximum atomic E-state index is 12.8. The zero-order valence-corrected chi connectivity index (χ0v) is 12.2. The molecule has 2 aromatic rings. The number of nitrogens with two attached hydrogens (primary N) is 1. The summed E-state index contributed by atoms with van der Waals surface area (Å²) in [6.07, 6.45) is 0. The summed E-state index contributed by atoms with van der Waals surface area (Å²) in [5.41, 5.74) is 7.80. The van der Waals surface area contributed by atoms with Gasteiger partial charge in [0.05, 0.1) is 5.75 Å². The summed E-state index contributed by atoms with van der Waals surface area (Å²) >= 11 is 0. The van der Waals surface area contributed by atoms with Crippen LogP contribution in [-0.4, -0.2) is 8.42 Å². The summed E-state index contributed by atoms with van der Waals surface area (Å²) in [4.78, 5) is 0. The van der Waals surface area contributed by atoms with Gasteiger partial charge < -0.3 is 5.73 Å². The molecule has 4 nitrogen and oxygen atoms in total. The van der Waals surface area contributed by atoms with Crippen molar-refractivity contribution in [2.24, 2.45) is 5.73 Å². The van der Waals surface area contributed by atoms with Crippen molar-refractivity contribution in [3.05, 3.63) is 71.0 Å². The molecule has 2 aromatic carbocycles. The lowest BCUT2D eigenvalue weighted by atomic mass is 10.1. The molecule has 0 aliphatic rings. The molecule has 112 valence electrons. The van der Waals surface area contributed by atoms with Crippen molar-refractivity contribution in [2.45, 2.75) is 18.8 Å². The summed E-state index contributed by atoms with van der Waals surface area (Å²) in [5.74, 6) is -0.472. The molecular formula is C15H17FN2O2S. The van der Waals surface area contributed by atoms with Gasteiger partial charge in [-0.15, -0.1) is 0 Å². The number of nitrogens with one attached hydrogen (secondary N) is 1. The highest BCUT2D eigenvalue weighted by molar-refractivity contribution is 7.88. The highest BCUT2D eigenvalue weighted by Crippen LogP contribution is 2.12. The third-order valence-corrected chi connectivity index (χ3v) is 4.37. The first kappa shape index (κ1) is 15.6. The van der Waals surface area contributed by atoms with Gasteiger partial charge in [-0.25, -0.2) is 17.5 Å². The minimum Gasteiger partial charge on any atom is -0.326 e. The predicted molar refractivity (Wildman–Crippen MR) is 80.2 cm³/mol. The van der Waals surface area contributed by atoms with E-state index in [-0.39, 0.29) is 18.1 Å². The molecule has 3 N–H and O–H groups in total. The average molecular weight is 308 g/mol. The van der Waals surface area contributed by atoms with Crippen LogP contribution in [0.15, 0.2) is 48.5 Å². The highest BCUT2D eigenvalue weighted by atomic mass is 32.2. The number of hydrogen-bond acceptors (Lipinski definition) is 3. The molecule has 0 radical (unpaired) electrons. The fourth-order valence-corrected chi connectivity index (χ4v) is 3.13. The number of benzene rings is 2. The van der Waals surface area contributed by atoms with E-state index in [0.717, 1.165) is 5.56 Å². The Bertz CT molecular complexity index is 700. The van der Waals surface area contributed by atoms with Gasteiger partial charge >= 0.3 is 0 Å². The lowest BCUT2D eigenvalue weighted by Gasteiger charge is -2.10. The minimum absolute atomic E-state index is 0.123. The van der Waals surface area contributed by atoms with E-state index in [2.05, 4.69) is 4.72 Å². The van der Waals surface area contributed by atoms with E-state index in [1.54, 1.807) is 24.3 Å². The Hall–Kier alpha value is -1.76. The number of sulfonamides is 1. The zero-order chi connectivity index (χ0) is 15.3. The molecule has 21 heavy (non-hydrogen) atoms. The maximum absolute atomic E-state index is 12.8. The Balaban J connectivity index is 2.03. The van der Waals surface area contributed by atoms with Crippen LogP contribution in [0, 0.1) is 5.82 Å². The SMILES string of the molecule is NCc1ccccc1CS(=O)(=O)NCc1ccc(F)cc1. The molecule has 6 heteroatoms. The molecule has 0 amide bonds. The van der Waals surface area contributed by atoms with E-state index in [1.807, 2.05) is 12.1 Å². The van der Waals surface area contributed by atoms with Crippen LogP contribution in [0.2, 0.25) is 0 Å². The average Bonchev–Trinajstić information content (AvgIpc) is 2.47. The molecule has 2 rings (SSSR count). The van der Waals surface area contributed by atoms with Crippen molar-refractivity contribution >= 4 is 10.0 Å². The number of halogens is 1. The Kier molecular flexibility index (Phi) is 5.06. The molecule has 0 saturated heterocycles. The van der Waals surface area contributed by atoms with E-state index < -0.39 is 10.0 Å². The van der Waals surface area contributed by atoms with Crippen molar-refractivity contribution in [1.29, 1.82) is 0 Å². The van der Waals surface area contributed by atoms with Crippen LogP contribution in [0.25, 0.3) is 0 Å². The van der Waals surface area contributed by atoms with E-state index in [4.69, 9.17) is 5.73 Å². The van der Waals surface area contributed by atoms with E-state index in [9.17, 15) is 12.8 Å². The van der Waals surface area contributed by atoms with Gasteiger partial charge in [0.1, 0.15) is 5.82 Å². The maximum Gasteiger partial charge on any atom is 0.216 e. The molecule has 0 fully saturated rings. The first-order valence-electron chi connectivity index (χ1n) is 6.49. The van der Waals surface area contributed by atoms with Gasteiger partial charge in [0.2, 0.25) is 10.0 Å². The van der Waals surface area contributed by atoms with Crippen LogP contribution in [0.1, 0.15) is 16.7 Å². The standard InChI is InChI=1S/C15H17FN2O2S/c16-15-7-5-12(6-8-15)10-18-21(19,20)11-14-4-2-1-3-13(14)9-17/h1-8,18H,9-11,17H2. The van der Waals surface area contributed by atoms with Crippen molar-refractivity contribution in [3.8, 4) is 0 Å². The summed E-state index contributed by atoms with van der Waals surface area (Å²) in [6, 6.07) is 12.9. The number of rotatable bonds is 6. The Labute approximate surface area is 123 Å². The van der Waals surface area contributed by atoms with Crippen LogP contribution in [0.4, 0.5) is 4.39 Å². The molecular weight excluding hydrogens is 291 g/mol. The monoisotopic (exact) mass is 308 g/mol. The second kappa shape index (κ2) is 6.80. The fourth-order valence-electron chi connectivity index (χ4n) is 1.95. The van der Waals surface area contributed by atoms with Gasteiger partial charge in [0, 0.05) is 13.1 Å². The predicted octanol–water partition coefficient (Wildman–Crippen LogP) is 1.90. The van der Waals surface area contributed by atoms with Crippen molar-refractivity contribution in [3.63, 3.8) is 0 Å². The van der Waals surface area contributed by atoms with E-state index >= 15 is 0 Å². The molecule has 0 spiro atoms. The van der Waals surface area contributed by atoms with Crippen molar-refractivity contribution in [2.75, 3.05) is 0 Å². The Morgan fingerprint density at radius 2 is 1.62 bits per heavy atom. The molecule has 0 unspecified atom stereocenters. The van der Waals surface area contributed by atoms with Crippen LogP contribution in [-0.2, 0) is 28.9 Å². The summed E-state index contributed by atoms with van der Waals surface area (Å²) in [5, 5.41) is 0. The summed E-state index contributed by atoms with van der Waals surface area (Å²) < 4.78 is 39.4. The smallest absolute Gasteiger partial charge is 0.216 e. The minimum atomic E-state index is -3.47. The van der Waals surface area contributed by atoms with Gasteiger partial charge in [-0.05, 0) is 28.8 Å². The second-order valence-corrected chi connectivity index (χ2v) is 6.49. The quantitative estimate of drug-likeness (QED) is 0.856. The topological polar surface area (TPSA) is 72.2 Å². The molecule has 0 aliphatic carbocycles. The largest absolute Gasteiger partial charge is 0.326 e. The van der Waals surface area contributed by atoms with Crippen molar-refractivity contribution < 1.29 is 12.8 Å². The zero-order valence-electron chi connectivity index (χ0n) is 11.4. The summed E-state index contributed by atoms with van der Waals surface area (Å²) in [6.45, 7) is 0.428. The van der Waals surface area contributed by atoms with Crippen LogP contribution < -0.4 is 10.5 Å². The third-order valence-electron chi connectivity index (χ3n) is 3.09. The van der Waals surface area contributed by atoms with Gasteiger partial charge in [0.15, 0.2) is 0 Å². The van der Waals surface area contributed by atoms with Crippen LogP contribution >= 0.6 is 0 Å². The van der Waals surface area contributed by atoms with Gasteiger partial charge in [-0.3, -0.25) is 0 Å². The van der Waals surface area contributed by atoms with Crippen LogP contribution in [0.5, 0.6) is 0 Å². The molecule has 0 saturated carbocycles. The lowest BCUT2D eigenvalue weighted by molar-refractivity contribution is 0.580. The third kappa shape index (κ3) is 4.63. The highest BCUT2D eigenvalue weighted by Gasteiger charge is 2.13. The molecule has 0 bridgehead atoms. The Morgan fingerprint density at radius 3 is 2.24 bits per heavy atom. The van der Waals surface area contributed by atoms with Crippen molar-refractivity contribution in [1.82, 2.24) is 4.72 Å². The first-order chi connectivity index (χ1) is 10.00. The first-order valence-corrected chi connectivity index (χ1v) is 8.14. The van der Waals surface area contributed by atoms with Crippen LogP contribution in [0.3, 0.4) is 0 Å². The molecule has 0 aliphatic heterocycles. The molecule has 0 heterocycles. The Morgan fingerprint density at radius 1 is 1.00 bits per heavy atom. The second-order valence-electron chi connectivity index (χ2n) is 4.68. The van der Waals surface area contributed by atoms with E-state index in [1.165, 1.54) is 12.1 Å². The van der Waals surface area contributed by atoms with Gasteiger partial charge in [0.25, 0.3) is 0 Å². The van der Waals surface area contributed by atoms with Gasteiger partial charge in [-0.1, -0.05) is 36.4 Å². The summed E-state index contributed by atoms with van der Waals surface area (Å²) in [7, 11) is -3.47. The lowest BCUT2D eigenvalue weighted by Crippen LogP contribution is -2.25. The van der Waals surface area contributed by atoms with Gasteiger partial charge in [-0.2, -0.15) is 0 Å².